The topological polar surface area (TPSA) is 102 Å². The Morgan fingerprint density at radius 1 is 1.08 bits per heavy atom. The minimum atomic E-state index is -1.14. The lowest BCUT2D eigenvalue weighted by Crippen LogP contribution is -2.42. The minimum Gasteiger partial charge on any atom is -0.497 e. The van der Waals surface area contributed by atoms with E-state index in [9.17, 15) is 19.5 Å². The molecule has 136 valence electrons. The second kappa shape index (κ2) is 8.66. The molecule has 7 nitrogen and oxygen atoms in total. The standard InChI is InChI=1S/C19H19NO6/c1-12(21)26-15-8-6-14(7-9-15)18(22)20-17(19(23)24)11-13-4-3-5-16(10-13)25-2/h3-10,17H,11H2,1-2H3,(H,20,22)(H,23,24)/t17-/m0/s1. The van der Waals surface area contributed by atoms with Crippen molar-refractivity contribution in [1.29, 1.82) is 0 Å². The molecule has 0 aliphatic rings. The van der Waals surface area contributed by atoms with Crippen molar-refractivity contribution in [2.24, 2.45) is 0 Å². The van der Waals surface area contributed by atoms with Gasteiger partial charge in [0, 0.05) is 18.9 Å². The molecule has 2 rings (SSSR count). The molecule has 1 amide bonds. The predicted molar refractivity (Wildman–Crippen MR) is 93.3 cm³/mol. The smallest absolute Gasteiger partial charge is 0.326 e. The maximum atomic E-state index is 12.3. The third kappa shape index (κ3) is 5.34. The Morgan fingerprint density at radius 2 is 1.77 bits per heavy atom. The molecule has 1 atom stereocenters. The molecule has 0 heterocycles. The van der Waals surface area contributed by atoms with Crippen molar-refractivity contribution in [3.63, 3.8) is 0 Å². The summed E-state index contributed by atoms with van der Waals surface area (Å²) in [4.78, 5) is 34.7. The summed E-state index contributed by atoms with van der Waals surface area (Å²) in [6, 6.07) is 11.7. The molecule has 0 aromatic heterocycles. The molecule has 0 saturated heterocycles. The number of carbonyl (C=O) groups excluding carboxylic acids is 2. The fourth-order valence-electron chi connectivity index (χ4n) is 2.32. The van der Waals surface area contributed by atoms with E-state index >= 15 is 0 Å². The summed E-state index contributed by atoms with van der Waals surface area (Å²) in [5, 5.41) is 11.9. The first-order chi connectivity index (χ1) is 12.4. The number of carbonyl (C=O) groups is 3. The number of hydrogen-bond acceptors (Lipinski definition) is 5. The van der Waals surface area contributed by atoms with Gasteiger partial charge in [-0.3, -0.25) is 9.59 Å². The van der Waals surface area contributed by atoms with Crippen LogP contribution in [0.2, 0.25) is 0 Å². The third-order valence-corrected chi connectivity index (χ3v) is 3.56. The maximum Gasteiger partial charge on any atom is 0.326 e. The van der Waals surface area contributed by atoms with Gasteiger partial charge in [0.15, 0.2) is 0 Å². The molecule has 0 unspecified atom stereocenters. The number of ether oxygens (including phenoxy) is 2. The third-order valence-electron chi connectivity index (χ3n) is 3.56. The zero-order chi connectivity index (χ0) is 19.1. The van der Waals surface area contributed by atoms with E-state index in [4.69, 9.17) is 9.47 Å². The van der Waals surface area contributed by atoms with E-state index < -0.39 is 23.9 Å². The Labute approximate surface area is 150 Å². The Hall–Kier alpha value is -3.35. The molecule has 0 fully saturated rings. The summed E-state index contributed by atoms with van der Waals surface area (Å²) in [6.07, 6.45) is 0.115. The van der Waals surface area contributed by atoms with Gasteiger partial charge in [-0.1, -0.05) is 12.1 Å². The first kappa shape index (κ1) is 19.0. The van der Waals surface area contributed by atoms with Crippen molar-refractivity contribution in [1.82, 2.24) is 5.32 Å². The Balaban J connectivity index is 2.07. The van der Waals surface area contributed by atoms with E-state index in [1.54, 1.807) is 24.3 Å². The normalized spacial score (nSPS) is 11.3. The highest BCUT2D eigenvalue weighted by atomic mass is 16.5. The summed E-state index contributed by atoms with van der Waals surface area (Å²) in [7, 11) is 1.52. The maximum absolute atomic E-state index is 12.3. The van der Waals surface area contributed by atoms with Crippen molar-refractivity contribution in [3.8, 4) is 11.5 Å². The second-order valence-corrected chi connectivity index (χ2v) is 5.54. The molecule has 7 heteroatoms. The fourth-order valence-corrected chi connectivity index (χ4v) is 2.32. The highest BCUT2D eigenvalue weighted by Gasteiger charge is 2.21. The fraction of sp³-hybridized carbons (Fsp3) is 0.211. The second-order valence-electron chi connectivity index (χ2n) is 5.54. The molecule has 0 aliphatic heterocycles. The summed E-state index contributed by atoms with van der Waals surface area (Å²) in [6.45, 7) is 1.27. The number of esters is 1. The van der Waals surface area contributed by atoms with Crippen LogP contribution in [0, 0.1) is 0 Å². The van der Waals surface area contributed by atoms with Crippen molar-refractivity contribution in [2.45, 2.75) is 19.4 Å². The van der Waals surface area contributed by atoms with Gasteiger partial charge in [0.25, 0.3) is 5.91 Å². The average Bonchev–Trinajstić information content (AvgIpc) is 2.61. The minimum absolute atomic E-state index is 0.115. The summed E-state index contributed by atoms with van der Waals surface area (Å²) >= 11 is 0. The number of carboxylic acids is 1. The van der Waals surface area contributed by atoms with Gasteiger partial charge >= 0.3 is 11.9 Å². The molecule has 2 N–H and O–H groups in total. The van der Waals surface area contributed by atoms with Gasteiger partial charge in [-0.2, -0.15) is 0 Å². The van der Waals surface area contributed by atoms with Crippen molar-refractivity contribution < 1.29 is 29.0 Å². The Kier molecular flexibility index (Phi) is 6.32. The van der Waals surface area contributed by atoms with Gasteiger partial charge < -0.3 is 19.9 Å². The van der Waals surface area contributed by atoms with E-state index in [0.29, 0.717) is 11.5 Å². The number of carboxylic acid groups (broad SMARTS) is 1. The molecule has 0 aliphatic carbocycles. The van der Waals surface area contributed by atoms with Gasteiger partial charge in [-0.15, -0.1) is 0 Å². The van der Waals surface area contributed by atoms with Gasteiger partial charge in [0.05, 0.1) is 7.11 Å². The van der Waals surface area contributed by atoms with E-state index in [2.05, 4.69) is 5.32 Å². The van der Waals surface area contributed by atoms with Crippen LogP contribution in [0.1, 0.15) is 22.8 Å². The van der Waals surface area contributed by atoms with Gasteiger partial charge in [-0.25, -0.2) is 4.79 Å². The van der Waals surface area contributed by atoms with E-state index in [1.165, 1.54) is 38.3 Å². The molecule has 0 radical (unpaired) electrons. The molecule has 0 saturated carbocycles. The zero-order valence-corrected chi connectivity index (χ0v) is 14.4. The van der Waals surface area contributed by atoms with Crippen LogP contribution in [0.25, 0.3) is 0 Å². The summed E-state index contributed by atoms with van der Waals surface area (Å²) in [5.74, 6) is -1.22. The lowest BCUT2D eigenvalue weighted by Gasteiger charge is -2.15. The molecule has 2 aromatic carbocycles. The highest BCUT2D eigenvalue weighted by Crippen LogP contribution is 2.15. The van der Waals surface area contributed by atoms with Gasteiger partial charge in [0.2, 0.25) is 0 Å². The first-order valence-electron chi connectivity index (χ1n) is 7.84. The van der Waals surface area contributed by atoms with Crippen LogP contribution in [-0.2, 0) is 16.0 Å². The van der Waals surface area contributed by atoms with E-state index in [-0.39, 0.29) is 12.0 Å². The monoisotopic (exact) mass is 357 g/mol. The molecule has 26 heavy (non-hydrogen) atoms. The number of aliphatic carboxylic acids is 1. The van der Waals surface area contributed by atoms with Crippen molar-refractivity contribution in [2.75, 3.05) is 7.11 Å². The quantitative estimate of drug-likeness (QED) is 0.581. The highest BCUT2D eigenvalue weighted by molar-refractivity contribution is 5.96. The molecular formula is C19H19NO6. The molecule has 2 aromatic rings. The van der Waals surface area contributed by atoms with Crippen molar-refractivity contribution >= 4 is 17.8 Å². The zero-order valence-electron chi connectivity index (χ0n) is 14.4. The van der Waals surface area contributed by atoms with Crippen LogP contribution in [0.15, 0.2) is 48.5 Å². The van der Waals surface area contributed by atoms with E-state index in [0.717, 1.165) is 5.56 Å². The van der Waals surface area contributed by atoms with Crippen LogP contribution in [0.5, 0.6) is 11.5 Å². The van der Waals surface area contributed by atoms with Crippen LogP contribution in [0.3, 0.4) is 0 Å². The molecular weight excluding hydrogens is 338 g/mol. The van der Waals surface area contributed by atoms with E-state index in [1.807, 2.05) is 0 Å². The number of benzene rings is 2. The summed E-state index contributed by atoms with van der Waals surface area (Å²) < 4.78 is 10.0. The molecule has 0 spiro atoms. The van der Waals surface area contributed by atoms with Gasteiger partial charge in [0.1, 0.15) is 17.5 Å². The number of methoxy groups -OCH3 is 1. The largest absolute Gasteiger partial charge is 0.497 e. The van der Waals surface area contributed by atoms with Crippen LogP contribution in [-0.4, -0.2) is 36.1 Å². The number of amides is 1. The van der Waals surface area contributed by atoms with Gasteiger partial charge in [-0.05, 0) is 42.0 Å². The number of nitrogens with one attached hydrogen (secondary N) is 1. The Bertz CT molecular complexity index is 800. The number of hydrogen-bond donors (Lipinski definition) is 2. The SMILES string of the molecule is COc1cccc(C[C@H](NC(=O)c2ccc(OC(C)=O)cc2)C(=O)O)c1. The molecule has 0 bridgehead atoms. The van der Waals surface area contributed by atoms with Crippen LogP contribution >= 0.6 is 0 Å². The van der Waals surface area contributed by atoms with Crippen LogP contribution in [0.4, 0.5) is 0 Å². The van der Waals surface area contributed by atoms with Crippen molar-refractivity contribution in [3.05, 3.63) is 59.7 Å². The predicted octanol–water partition coefficient (Wildman–Crippen LogP) is 2.05. The lowest BCUT2D eigenvalue weighted by atomic mass is 10.0. The number of rotatable bonds is 7. The summed E-state index contributed by atoms with van der Waals surface area (Å²) in [5.41, 5.74) is 0.986. The first-order valence-corrected chi connectivity index (χ1v) is 7.84. The van der Waals surface area contributed by atoms with Crippen LogP contribution < -0.4 is 14.8 Å². The average molecular weight is 357 g/mol. The lowest BCUT2D eigenvalue weighted by molar-refractivity contribution is -0.139. The Morgan fingerprint density at radius 3 is 2.35 bits per heavy atom.